The average molecular weight is 318 g/mol. The number of thiazole rings is 1. The van der Waals surface area contributed by atoms with Crippen molar-refractivity contribution in [3.05, 3.63) is 39.7 Å². The highest BCUT2D eigenvalue weighted by atomic mass is 32.1. The first-order chi connectivity index (χ1) is 10.5. The molecule has 4 nitrogen and oxygen atoms in total. The van der Waals surface area contributed by atoms with Gasteiger partial charge in [-0.15, -0.1) is 11.3 Å². The van der Waals surface area contributed by atoms with Crippen molar-refractivity contribution in [3.8, 4) is 11.3 Å². The zero-order valence-corrected chi connectivity index (χ0v) is 14.0. The smallest absolute Gasteiger partial charge is 0.225 e. The Morgan fingerprint density at radius 2 is 2.00 bits per heavy atom. The second-order valence-corrected chi connectivity index (χ2v) is 6.82. The Balaban J connectivity index is 2.15. The molecule has 0 bridgehead atoms. The fourth-order valence-electron chi connectivity index (χ4n) is 2.26. The molecule has 1 aromatic heterocycles. The first-order valence-electron chi connectivity index (χ1n) is 7.43. The number of carbonyl (C=O) groups excluding carboxylic acids is 1. The molecule has 2 rings (SSSR count). The lowest BCUT2D eigenvalue weighted by Crippen LogP contribution is -2.34. The summed E-state index contributed by atoms with van der Waals surface area (Å²) in [4.78, 5) is 17.7. The normalized spacial score (nSPS) is 12.2. The zero-order chi connectivity index (χ0) is 16.1. The summed E-state index contributed by atoms with van der Waals surface area (Å²) >= 11 is 1.56. The first-order valence-corrected chi connectivity index (χ1v) is 8.25. The number of aryl methyl sites for hydroxylation is 2. The van der Waals surface area contributed by atoms with E-state index in [1.807, 2.05) is 32.9 Å². The van der Waals surface area contributed by atoms with Crippen molar-refractivity contribution in [1.29, 1.82) is 0 Å². The fraction of sp³-hybridized carbons (Fsp3) is 0.412. The highest BCUT2D eigenvalue weighted by Gasteiger charge is 2.15. The highest BCUT2D eigenvalue weighted by molar-refractivity contribution is 7.12. The molecule has 0 radical (unpaired) electrons. The molecule has 2 N–H and O–H groups in total. The van der Waals surface area contributed by atoms with Gasteiger partial charge in [0.1, 0.15) is 0 Å². The maximum Gasteiger partial charge on any atom is 0.225 e. The summed E-state index contributed by atoms with van der Waals surface area (Å²) in [5.74, 6) is -0.0297. The third-order valence-corrected chi connectivity index (χ3v) is 4.39. The van der Waals surface area contributed by atoms with Gasteiger partial charge in [0.15, 0.2) is 0 Å². The lowest BCUT2D eigenvalue weighted by Gasteiger charge is -2.12. The van der Waals surface area contributed by atoms with Gasteiger partial charge in [0.2, 0.25) is 5.91 Å². The molecule has 0 fully saturated rings. The van der Waals surface area contributed by atoms with Crippen molar-refractivity contribution in [3.63, 3.8) is 0 Å². The number of benzene rings is 1. The topological polar surface area (TPSA) is 62.2 Å². The van der Waals surface area contributed by atoms with Crippen LogP contribution in [-0.2, 0) is 11.2 Å². The lowest BCUT2D eigenvalue weighted by molar-refractivity contribution is -0.121. The van der Waals surface area contributed by atoms with Gasteiger partial charge in [-0.1, -0.05) is 29.8 Å². The summed E-state index contributed by atoms with van der Waals surface area (Å²) in [5, 5.41) is 12.8. The molecule has 0 aliphatic rings. The average Bonchev–Trinajstić information content (AvgIpc) is 2.80. The maximum atomic E-state index is 12.1. The monoisotopic (exact) mass is 318 g/mol. The molecule has 0 saturated carbocycles. The summed E-state index contributed by atoms with van der Waals surface area (Å²) in [6, 6.07) is 8.17. The number of nitrogens with one attached hydrogen (secondary N) is 1. The number of hydrogen-bond acceptors (Lipinski definition) is 4. The highest BCUT2D eigenvalue weighted by Crippen LogP contribution is 2.28. The Kier molecular flexibility index (Phi) is 5.69. The van der Waals surface area contributed by atoms with Crippen molar-refractivity contribution in [2.24, 2.45) is 0 Å². The predicted octanol–water partition coefficient (Wildman–Crippen LogP) is 2.86. The Morgan fingerprint density at radius 3 is 2.64 bits per heavy atom. The maximum absolute atomic E-state index is 12.1. The van der Waals surface area contributed by atoms with Crippen LogP contribution in [0, 0.1) is 13.8 Å². The number of aliphatic hydroxyl groups excluding tert-OH is 1. The number of aliphatic hydroxyl groups is 1. The van der Waals surface area contributed by atoms with Crippen LogP contribution in [0.2, 0.25) is 0 Å². The molecule has 0 aliphatic heterocycles. The lowest BCUT2D eigenvalue weighted by atomic mass is 10.1. The summed E-state index contributed by atoms with van der Waals surface area (Å²) in [6.07, 6.45) is 0.892. The minimum atomic E-state index is -0.0297. The Labute approximate surface area is 135 Å². The molecular weight excluding hydrogens is 296 g/mol. The number of nitrogens with zero attached hydrogens (tertiary/aromatic N) is 1. The van der Waals surface area contributed by atoms with Crippen LogP contribution in [0.5, 0.6) is 0 Å². The van der Waals surface area contributed by atoms with E-state index in [1.54, 1.807) is 11.3 Å². The van der Waals surface area contributed by atoms with Crippen molar-refractivity contribution in [1.82, 2.24) is 10.3 Å². The van der Waals surface area contributed by atoms with E-state index in [0.717, 1.165) is 21.1 Å². The van der Waals surface area contributed by atoms with E-state index in [-0.39, 0.29) is 18.6 Å². The fourth-order valence-corrected chi connectivity index (χ4v) is 3.22. The molecule has 1 aromatic carbocycles. The molecular formula is C17H22N2O2S. The molecule has 5 heteroatoms. The van der Waals surface area contributed by atoms with Gasteiger partial charge in [-0.3, -0.25) is 4.79 Å². The molecule has 2 aromatic rings. The van der Waals surface area contributed by atoms with Crippen molar-refractivity contribution in [2.45, 2.75) is 39.7 Å². The van der Waals surface area contributed by atoms with Gasteiger partial charge in [0.25, 0.3) is 0 Å². The molecule has 22 heavy (non-hydrogen) atoms. The minimum Gasteiger partial charge on any atom is -0.396 e. The van der Waals surface area contributed by atoms with Crippen molar-refractivity contribution in [2.75, 3.05) is 6.61 Å². The number of rotatable bonds is 6. The molecule has 0 spiro atoms. The number of aromatic nitrogens is 1. The van der Waals surface area contributed by atoms with E-state index >= 15 is 0 Å². The molecule has 118 valence electrons. The van der Waals surface area contributed by atoms with Crippen molar-refractivity contribution >= 4 is 17.2 Å². The first kappa shape index (κ1) is 16.6. The van der Waals surface area contributed by atoms with Crippen molar-refractivity contribution < 1.29 is 9.90 Å². The van der Waals surface area contributed by atoms with Crippen LogP contribution in [-0.4, -0.2) is 28.6 Å². The summed E-state index contributed by atoms with van der Waals surface area (Å²) in [7, 11) is 0. The number of amides is 1. The predicted molar refractivity (Wildman–Crippen MR) is 90.0 cm³/mol. The third-order valence-electron chi connectivity index (χ3n) is 3.42. The molecule has 0 saturated heterocycles. The van der Waals surface area contributed by atoms with E-state index in [1.165, 1.54) is 5.56 Å². The molecule has 1 heterocycles. The van der Waals surface area contributed by atoms with Crippen LogP contribution in [0.15, 0.2) is 24.3 Å². The largest absolute Gasteiger partial charge is 0.396 e. The number of carbonyl (C=O) groups is 1. The van der Waals surface area contributed by atoms with Crippen LogP contribution < -0.4 is 5.32 Å². The molecule has 1 atom stereocenters. The standard InChI is InChI=1S/C17H22N2O2S/c1-11-4-6-14(7-5-11)17-15(22-13(3)19-17)10-16(21)18-12(2)8-9-20/h4-7,12,20H,8-10H2,1-3H3,(H,18,21). The van der Waals surface area contributed by atoms with E-state index < -0.39 is 0 Å². The van der Waals surface area contributed by atoms with Crippen LogP contribution in [0.1, 0.15) is 28.8 Å². The molecule has 1 unspecified atom stereocenters. The van der Waals surface area contributed by atoms with Crippen LogP contribution in [0.4, 0.5) is 0 Å². The van der Waals surface area contributed by atoms with E-state index in [0.29, 0.717) is 12.8 Å². The quantitative estimate of drug-likeness (QED) is 0.861. The van der Waals surface area contributed by atoms with E-state index in [9.17, 15) is 4.79 Å². The van der Waals surface area contributed by atoms with E-state index in [2.05, 4.69) is 22.4 Å². The van der Waals surface area contributed by atoms with Gasteiger partial charge in [-0.25, -0.2) is 4.98 Å². The summed E-state index contributed by atoms with van der Waals surface area (Å²) < 4.78 is 0. The SMILES string of the molecule is Cc1ccc(-c2nc(C)sc2CC(=O)NC(C)CCO)cc1. The molecule has 0 aliphatic carbocycles. The summed E-state index contributed by atoms with van der Waals surface area (Å²) in [6.45, 7) is 5.98. The van der Waals surface area contributed by atoms with Gasteiger partial charge in [-0.2, -0.15) is 0 Å². The zero-order valence-electron chi connectivity index (χ0n) is 13.2. The minimum absolute atomic E-state index is 0.0191. The molecule has 1 amide bonds. The van der Waals surface area contributed by atoms with Crippen LogP contribution in [0.25, 0.3) is 11.3 Å². The van der Waals surface area contributed by atoms with Gasteiger partial charge >= 0.3 is 0 Å². The van der Waals surface area contributed by atoms with Gasteiger partial charge < -0.3 is 10.4 Å². The van der Waals surface area contributed by atoms with Gasteiger partial charge in [0, 0.05) is 23.1 Å². The van der Waals surface area contributed by atoms with Crippen LogP contribution >= 0.6 is 11.3 Å². The Morgan fingerprint density at radius 1 is 1.32 bits per heavy atom. The van der Waals surface area contributed by atoms with Crippen LogP contribution in [0.3, 0.4) is 0 Å². The second-order valence-electron chi connectivity index (χ2n) is 5.53. The van der Waals surface area contributed by atoms with Gasteiger partial charge in [0.05, 0.1) is 17.1 Å². The Hall–Kier alpha value is -1.72. The van der Waals surface area contributed by atoms with Gasteiger partial charge in [-0.05, 0) is 27.2 Å². The third kappa shape index (κ3) is 4.39. The van der Waals surface area contributed by atoms with E-state index in [4.69, 9.17) is 5.11 Å². The second kappa shape index (κ2) is 7.51. The number of hydrogen-bond donors (Lipinski definition) is 2. The Bertz CT molecular complexity index is 635. The summed E-state index contributed by atoms with van der Waals surface area (Å²) in [5.41, 5.74) is 3.14.